The van der Waals surface area contributed by atoms with Gasteiger partial charge in [-0.2, -0.15) is 5.10 Å². The number of hydrogen-bond acceptors (Lipinski definition) is 5. The molecule has 2 aromatic heterocycles. The van der Waals surface area contributed by atoms with Gasteiger partial charge in [0.05, 0.1) is 34.1 Å². The molecule has 0 atom stereocenters. The maximum Gasteiger partial charge on any atom is 0.258 e. The molecule has 3 aromatic rings. The molecule has 2 aliphatic rings. The maximum absolute atomic E-state index is 12.9. The highest BCUT2D eigenvalue weighted by Crippen LogP contribution is 2.38. The standard InChI is InChI=1S/C26H32N4O3/c1-14-9-16-10-18(30-21-12-26(3,4)13-22(32)23(21)15(2)29-30)11-20(24(16)25(33)27-14)28-17-5-7-19(31)8-6-17/h9-11,17,19,28,31H,5-8,12-13H2,1-4H3,(H,27,33). The van der Waals surface area contributed by atoms with E-state index in [2.05, 4.69) is 24.1 Å². The second kappa shape index (κ2) is 7.83. The van der Waals surface area contributed by atoms with Crippen molar-refractivity contribution >= 4 is 22.2 Å². The number of aryl methyl sites for hydroxylation is 2. The number of aliphatic hydroxyl groups excluding tert-OH is 1. The molecule has 2 aliphatic carbocycles. The number of carbonyl (C=O) groups excluding carboxylic acids is 1. The Balaban J connectivity index is 1.67. The van der Waals surface area contributed by atoms with Gasteiger partial charge in [-0.3, -0.25) is 9.59 Å². The molecule has 1 saturated carbocycles. The lowest BCUT2D eigenvalue weighted by atomic mass is 9.75. The predicted molar refractivity (Wildman–Crippen MR) is 129 cm³/mol. The Labute approximate surface area is 193 Å². The quantitative estimate of drug-likeness (QED) is 0.558. The van der Waals surface area contributed by atoms with Crippen molar-refractivity contribution in [1.29, 1.82) is 0 Å². The van der Waals surface area contributed by atoms with Crippen LogP contribution in [0.1, 0.15) is 73.4 Å². The average molecular weight is 449 g/mol. The number of anilines is 1. The van der Waals surface area contributed by atoms with Crippen molar-refractivity contribution in [3.8, 4) is 5.69 Å². The molecule has 2 heterocycles. The van der Waals surface area contributed by atoms with Crippen LogP contribution in [0.5, 0.6) is 0 Å². The number of hydrogen-bond donors (Lipinski definition) is 3. The van der Waals surface area contributed by atoms with Crippen molar-refractivity contribution in [2.45, 2.75) is 78.4 Å². The van der Waals surface area contributed by atoms with Crippen LogP contribution >= 0.6 is 0 Å². The number of nitrogens with one attached hydrogen (secondary N) is 2. The topological polar surface area (TPSA) is 100 Å². The van der Waals surface area contributed by atoms with Crippen LogP contribution in [0.25, 0.3) is 16.5 Å². The Hall–Kier alpha value is -2.93. The third-order valence-corrected chi connectivity index (χ3v) is 7.08. The van der Waals surface area contributed by atoms with Crippen LogP contribution in [0, 0.1) is 19.3 Å². The number of Topliss-reactive ketones (excluding diaryl/α,β-unsaturated/α-hetero) is 1. The Bertz CT molecular complexity index is 1310. The van der Waals surface area contributed by atoms with Gasteiger partial charge < -0.3 is 15.4 Å². The van der Waals surface area contributed by atoms with Gasteiger partial charge in [-0.1, -0.05) is 13.8 Å². The molecule has 174 valence electrons. The Morgan fingerprint density at radius 3 is 2.55 bits per heavy atom. The van der Waals surface area contributed by atoms with Crippen LogP contribution < -0.4 is 10.9 Å². The first-order chi connectivity index (χ1) is 15.6. The largest absolute Gasteiger partial charge is 0.393 e. The van der Waals surface area contributed by atoms with E-state index in [1.165, 1.54) is 0 Å². The molecule has 0 spiro atoms. The van der Waals surface area contributed by atoms with E-state index < -0.39 is 0 Å². The average Bonchev–Trinajstić information content (AvgIpc) is 3.04. The van der Waals surface area contributed by atoms with Crippen molar-refractivity contribution in [1.82, 2.24) is 14.8 Å². The summed E-state index contributed by atoms with van der Waals surface area (Å²) >= 11 is 0. The van der Waals surface area contributed by atoms with Crippen molar-refractivity contribution in [2.24, 2.45) is 5.41 Å². The summed E-state index contributed by atoms with van der Waals surface area (Å²) in [5, 5.41) is 19.7. The molecule has 7 nitrogen and oxygen atoms in total. The van der Waals surface area contributed by atoms with Crippen LogP contribution in [0.15, 0.2) is 23.0 Å². The number of aliphatic hydroxyl groups is 1. The van der Waals surface area contributed by atoms with E-state index >= 15 is 0 Å². The molecule has 0 amide bonds. The van der Waals surface area contributed by atoms with Gasteiger partial charge in [-0.15, -0.1) is 0 Å². The van der Waals surface area contributed by atoms with Crippen molar-refractivity contribution in [3.63, 3.8) is 0 Å². The van der Waals surface area contributed by atoms with Gasteiger partial charge in [0, 0.05) is 23.8 Å². The fourth-order valence-corrected chi connectivity index (χ4v) is 5.56. The van der Waals surface area contributed by atoms with Crippen molar-refractivity contribution < 1.29 is 9.90 Å². The number of fused-ring (bicyclic) bond motifs is 2. The molecule has 1 aromatic carbocycles. The summed E-state index contributed by atoms with van der Waals surface area (Å²) in [5.41, 5.74) is 4.62. The molecule has 0 radical (unpaired) electrons. The zero-order valence-corrected chi connectivity index (χ0v) is 19.8. The van der Waals surface area contributed by atoms with E-state index in [0.29, 0.717) is 11.8 Å². The number of ketones is 1. The molecular weight excluding hydrogens is 416 g/mol. The number of H-pyrrole nitrogens is 1. The van der Waals surface area contributed by atoms with Gasteiger partial charge in [0.2, 0.25) is 0 Å². The highest BCUT2D eigenvalue weighted by atomic mass is 16.3. The fraction of sp³-hybridized carbons (Fsp3) is 0.500. The summed E-state index contributed by atoms with van der Waals surface area (Å²) in [6.07, 6.45) is 4.29. The Morgan fingerprint density at radius 2 is 1.82 bits per heavy atom. The number of carbonyl (C=O) groups is 1. The minimum absolute atomic E-state index is 0.120. The summed E-state index contributed by atoms with van der Waals surface area (Å²) in [6.45, 7) is 8.01. The molecule has 1 fully saturated rings. The van der Waals surface area contributed by atoms with Gasteiger partial charge in [-0.25, -0.2) is 4.68 Å². The second-order valence-corrected chi connectivity index (χ2v) is 10.6. The van der Waals surface area contributed by atoms with Crippen LogP contribution in [0.3, 0.4) is 0 Å². The first-order valence-corrected chi connectivity index (χ1v) is 11.9. The lowest BCUT2D eigenvalue weighted by Gasteiger charge is -2.29. The SMILES string of the molecule is Cc1cc2cc(-n3nc(C)c4c3CC(C)(C)CC4=O)cc(NC3CCC(O)CC3)c2c(=O)[nH]1. The zero-order chi connectivity index (χ0) is 23.5. The minimum Gasteiger partial charge on any atom is -0.393 e. The van der Waals surface area contributed by atoms with E-state index in [4.69, 9.17) is 5.10 Å². The first kappa shape index (κ1) is 21.9. The monoisotopic (exact) mass is 448 g/mol. The Morgan fingerprint density at radius 1 is 1.09 bits per heavy atom. The molecule has 33 heavy (non-hydrogen) atoms. The van der Waals surface area contributed by atoms with Gasteiger partial charge in [0.25, 0.3) is 5.56 Å². The summed E-state index contributed by atoms with van der Waals surface area (Å²) in [5.74, 6) is 0.150. The normalized spacial score (nSPS) is 22.4. The van der Waals surface area contributed by atoms with Crippen LogP contribution in [0.4, 0.5) is 5.69 Å². The molecule has 5 rings (SSSR count). The van der Waals surface area contributed by atoms with Crippen LogP contribution in [0.2, 0.25) is 0 Å². The lowest BCUT2D eigenvalue weighted by molar-refractivity contribution is 0.0910. The van der Waals surface area contributed by atoms with E-state index in [-0.39, 0.29) is 28.9 Å². The number of rotatable bonds is 3. The number of aromatic nitrogens is 3. The smallest absolute Gasteiger partial charge is 0.258 e. The van der Waals surface area contributed by atoms with E-state index in [1.54, 1.807) is 0 Å². The van der Waals surface area contributed by atoms with Gasteiger partial charge in [-0.05, 0) is 75.0 Å². The lowest BCUT2D eigenvalue weighted by Crippen LogP contribution is -2.29. The maximum atomic E-state index is 12.9. The molecule has 7 heteroatoms. The number of nitrogens with zero attached hydrogens (tertiary/aromatic N) is 2. The van der Waals surface area contributed by atoms with E-state index in [9.17, 15) is 14.7 Å². The van der Waals surface area contributed by atoms with Crippen LogP contribution in [-0.4, -0.2) is 37.8 Å². The Kier molecular flexibility index (Phi) is 5.20. The highest BCUT2D eigenvalue weighted by Gasteiger charge is 2.36. The highest BCUT2D eigenvalue weighted by molar-refractivity contribution is 6.00. The number of aromatic amines is 1. The van der Waals surface area contributed by atoms with E-state index in [0.717, 1.165) is 71.5 Å². The summed E-state index contributed by atoms with van der Waals surface area (Å²) in [7, 11) is 0. The molecule has 0 bridgehead atoms. The summed E-state index contributed by atoms with van der Waals surface area (Å²) < 4.78 is 1.90. The third kappa shape index (κ3) is 3.99. The zero-order valence-electron chi connectivity index (χ0n) is 19.8. The van der Waals surface area contributed by atoms with Crippen molar-refractivity contribution in [2.75, 3.05) is 5.32 Å². The van der Waals surface area contributed by atoms with E-state index in [1.807, 2.05) is 36.7 Å². The van der Waals surface area contributed by atoms with Gasteiger partial charge in [0.1, 0.15) is 0 Å². The summed E-state index contributed by atoms with van der Waals surface area (Å²) in [4.78, 5) is 28.7. The molecule has 0 aliphatic heterocycles. The van der Waals surface area contributed by atoms with Gasteiger partial charge >= 0.3 is 0 Å². The minimum atomic E-state index is -0.239. The fourth-order valence-electron chi connectivity index (χ4n) is 5.56. The molecule has 3 N–H and O–H groups in total. The predicted octanol–water partition coefficient (Wildman–Crippen LogP) is 4.20. The number of benzene rings is 1. The second-order valence-electron chi connectivity index (χ2n) is 10.6. The molecular formula is C26H32N4O3. The molecule has 0 saturated heterocycles. The summed E-state index contributed by atoms with van der Waals surface area (Å²) in [6, 6.07) is 6.15. The van der Waals surface area contributed by atoms with Crippen LogP contribution in [-0.2, 0) is 6.42 Å². The first-order valence-electron chi connectivity index (χ1n) is 11.9. The number of pyridine rings is 1. The third-order valence-electron chi connectivity index (χ3n) is 7.08. The molecule has 0 unspecified atom stereocenters. The van der Waals surface area contributed by atoms with Gasteiger partial charge in [0.15, 0.2) is 5.78 Å². The van der Waals surface area contributed by atoms with Crippen molar-refractivity contribution in [3.05, 3.63) is 51.2 Å².